The highest BCUT2D eigenvalue weighted by atomic mass is 16.2. The fourth-order valence-electron chi connectivity index (χ4n) is 1.21. The number of hydrogen-bond donors (Lipinski definition) is 2. The lowest BCUT2D eigenvalue weighted by molar-refractivity contribution is -0.122. The second-order valence-corrected chi connectivity index (χ2v) is 6.13. The SMILES string of the molecule is CC(C)CNC(=O)C(C)NCCC(C)(C)C. The average Bonchev–Trinajstić information content (AvgIpc) is 2.11. The summed E-state index contributed by atoms with van der Waals surface area (Å²) in [4.78, 5) is 11.6. The molecule has 1 atom stereocenters. The van der Waals surface area contributed by atoms with Gasteiger partial charge < -0.3 is 10.6 Å². The van der Waals surface area contributed by atoms with Crippen LogP contribution in [0.25, 0.3) is 0 Å². The predicted octanol–water partition coefficient (Wildman–Crippen LogP) is 2.17. The summed E-state index contributed by atoms with van der Waals surface area (Å²) in [5, 5.41) is 6.18. The Morgan fingerprint density at radius 3 is 2.19 bits per heavy atom. The lowest BCUT2D eigenvalue weighted by Gasteiger charge is -2.20. The highest BCUT2D eigenvalue weighted by Gasteiger charge is 2.14. The van der Waals surface area contributed by atoms with E-state index in [0.29, 0.717) is 11.3 Å². The van der Waals surface area contributed by atoms with Crippen molar-refractivity contribution < 1.29 is 4.79 Å². The Labute approximate surface area is 100 Å². The highest BCUT2D eigenvalue weighted by molar-refractivity contribution is 5.81. The molecule has 0 spiro atoms. The van der Waals surface area contributed by atoms with Gasteiger partial charge in [0.25, 0.3) is 0 Å². The number of carbonyl (C=O) groups excluding carboxylic acids is 1. The molecule has 3 heteroatoms. The van der Waals surface area contributed by atoms with Crippen molar-refractivity contribution in [2.75, 3.05) is 13.1 Å². The van der Waals surface area contributed by atoms with Gasteiger partial charge >= 0.3 is 0 Å². The van der Waals surface area contributed by atoms with Crippen LogP contribution in [-0.2, 0) is 4.79 Å². The van der Waals surface area contributed by atoms with Gasteiger partial charge in [-0.05, 0) is 31.2 Å². The number of hydrogen-bond acceptors (Lipinski definition) is 2. The number of rotatable bonds is 6. The molecule has 0 aliphatic heterocycles. The molecule has 0 aromatic rings. The van der Waals surface area contributed by atoms with Crippen molar-refractivity contribution in [3.8, 4) is 0 Å². The van der Waals surface area contributed by atoms with Gasteiger partial charge in [0.2, 0.25) is 5.91 Å². The Hall–Kier alpha value is -0.570. The van der Waals surface area contributed by atoms with E-state index in [2.05, 4.69) is 45.3 Å². The topological polar surface area (TPSA) is 41.1 Å². The molecule has 0 aromatic heterocycles. The Kier molecular flexibility index (Phi) is 6.65. The van der Waals surface area contributed by atoms with E-state index >= 15 is 0 Å². The van der Waals surface area contributed by atoms with Crippen LogP contribution in [0.1, 0.15) is 48.0 Å². The second kappa shape index (κ2) is 6.89. The molecule has 16 heavy (non-hydrogen) atoms. The van der Waals surface area contributed by atoms with Crippen LogP contribution < -0.4 is 10.6 Å². The lowest BCUT2D eigenvalue weighted by atomic mass is 9.92. The molecule has 96 valence electrons. The van der Waals surface area contributed by atoms with E-state index in [4.69, 9.17) is 0 Å². The molecule has 0 aromatic carbocycles. The molecular weight excluding hydrogens is 200 g/mol. The normalized spacial score (nSPS) is 13.9. The van der Waals surface area contributed by atoms with Crippen LogP contribution in [0.15, 0.2) is 0 Å². The Bertz CT molecular complexity index is 206. The summed E-state index contributed by atoms with van der Waals surface area (Å²) < 4.78 is 0. The maximum absolute atomic E-state index is 11.6. The van der Waals surface area contributed by atoms with Crippen LogP contribution in [-0.4, -0.2) is 25.0 Å². The first-order valence-electron chi connectivity index (χ1n) is 6.23. The second-order valence-electron chi connectivity index (χ2n) is 6.13. The molecule has 1 amide bonds. The monoisotopic (exact) mass is 228 g/mol. The van der Waals surface area contributed by atoms with Crippen LogP contribution in [0, 0.1) is 11.3 Å². The van der Waals surface area contributed by atoms with Crippen molar-refractivity contribution in [3.63, 3.8) is 0 Å². The fraction of sp³-hybridized carbons (Fsp3) is 0.923. The molecule has 0 saturated carbocycles. The zero-order valence-electron chi connectivity index (χ0n) is 11.7. The van der Waals surface area contributed by atoms with Gasteiger partial charge in [0.15, 0.2) is 0 Å². The van der Waals surface area contributed by atoms with E-state index in [1.54, 1.807) is 0 Å². The number of amides is 1. The maximum atomic E-state index is 11.6. The van der Waals surface area contributed by atoms with Crippen LogP contribution in [0.5, 0.6) is 0 Å². The molecular formula is C13H28N2O. The van der Waals surface area contributed by atoms with Crippen molar-refractivity contribution in [2.24, 2.45) is 11.3 Å². The van der Waals surface area contributed by atoms with E-state index in [-0.39, 0.29) is 11.9 Å². The summed E-state index contributed by atoms with van der Waals surface area (Å²) in [6.07, 6.45) is 1.08. The van der Waals surface area contributed by atoms with E-state index < -0.39 is 0 Å². The van der Waals surface area contributed by atoms with Crippen LogP contribution in [0.3, 0.4) is 0 Å². The van der Waals surface area contributed by atoms with Gasteiger partial charge in [0, 0.05) is 6.54 Å². The van der Waals surface area contributed by atoms with E-state index in [9.17, 15) is 4.79 Å². The predicted molar refractivity (Wildman–Crippen MR) is 69.4 cm³/mol. The summed E-state index contributed by atoms with van der Waals surface area (Å²) in [6, 6.07) is -0.0962. The third-order valence-corrected chi connectivity index (χ3v) is 2.40. The minimum absolute atomic E-state index is 0.0962. The first-order chi connectivity index (χ1) is 7.22. The van der Waals surface area contributed by atoms with E-state index in [1.165, 1.54) is 0 Å². The van der Waals surface area contributed by atoms with Gasteiger partial charge in [0.05, 0.1) is 6.04 Å². The molecule has 2 N–H and O–H groups in total. The molecule has 0 aliphatic rings. The summed E-state index contributed by atoms with van der Waals surface area (Å²) in [7, 11) is 0. The van der Waals surface area contributed by atoms with Crippen LogP contribution in [0.2, 0.25) is 0 Å². The summed E-state index contributed by atoms with van der Waals surface area (Å²) in [6.45, 7) is 14.4. The van der Waals surface area contributed by atoms with Gasteiger partial charge in [-0.2, -0.15) is 0 Å². The fourth-order valence-corrected chi connectivity index (χ4v) is 1.21. The molecule has 0 aliphatic carbocycles. The third-order valence-electron chi connectivity index (χ3n) is 2.40. The van der Waals surface area contributed by atoms with Gasteiger partial charge in [-0.15, -0.1) is 0 Å². The molecule has 0 radical (unpaired) electrons. The zero-order valence-corrected chi connectivity index (χ0v) is 11.7. The molecule has 0 fully saturated rings. The molecule has 0 rings (SSSR count). The summed E-state index contributed by atoms with van der Waals surface area (Å²) in [5.74, 6) is 0.605. The minimum Gasteiger partial charge on any atom is -0.354 e. The van der Waals surface area contributed by atoms with E-state index in [0.717, 1.165) is 19.5 Å². The largest absolute Gasteiger partial charge is 0.354 e. The van der Waals surface area contributed by atoms with Gasteiger partial charge in [-0.3, -0.25) is 4.79 Å². The molecule has 0 saturated heterocycles. The lowest BCUT2D eigenvalue weighted by Crippen LogP contribution is -2.44. The van der Waals surface area contributed by atoms with Gasteiger partial charge in [0.1, 0.15) is 0 Å². The first kappa shape index (κ1) is 15.4. The van der Waals surface area contributed by atoms with Crippen LogP contribution in [0.4, 0.5) is 0 Å². The number of nitrogens with one attached hydrogen (secondary N) is 2. The van der Waals surface area contributed by atoms with Crippen LogP contribution >= 0.6 is 0 Å². The van der Waals surface area contributed by atoms with Crippen molar-refractivity contribution in [3.05, 3.63) is 0 Å². The molecule has 1 unspecified atom stereocenters. The Morgan fingerprint density at radius 2 is 1.75 bits per heavy atom. The van der Waals surface area contributed by atoms with Crippen molar-refractivity contribution in [1.82, 2.24) is 10.6 Å². The highest BCUT2D eigenvalue weighted by Crippen LogP contribution is 2.16. The summed E-state index contributed by atoms with van der Waals surface area (Å²) >= 11 is 0. The zero-order chi connectivity index (χ0) is 12.8. The standard InChI is InChI=1S/C13H28N2O/c1-10(2)9-15-12(16)11(3)14-8-7-13(4,5)6/h10-11,14H,7-9H2,1-6H3,(H,15,16). The van der Waals surface area contributed by atoms with Crippen molar-refractivity contribution in [2.45, 2.75) is 54.0 Å². The summed E-state index contributed by atoms with van der Waals surface area (Å²) in [5.41, 5.74) is 0.321. The smallest absolute Gasteiger partial charge is 0.236 e. The van der Waals surface area contributed by atoms with Crippen molar-refractivity contribution in [1.29, 1.82) is 0 Å². The molecule has 0 heterocycles. The quantitative estimate of drug-likeness (QED) is 0.731. The maximum Gasteiger partial charge on any atom is 0.236 e. The Balaban J connectivity index is 3.71. The van der Waals surface area contributed by atoms with Crippen molar-refractivity contribution >= 4 is 5.91 Å². The first-order valence-corrected chi connectivity index (χ1v) is 6.23. The third kappa shape index (κ3) is 8.72. The minimum atomic E-state index is -0.0962. The van der Waals surface area contributed by atoms with Gasteiger partial charge in [-0.1, -0.05) is 34.6 Å². The van der Waals surface area contributed by atoms with Gasteiger partial charge in [-0.25, -0.2) is 0 Å². The number of carbonyl (C=O) groups is 1. The van der Waals surface area contributed by atoms with E-state index in [1.807, 2.05) is 6.92 Å². The molecule has 0 bridgehead atoms. The Morgan fingerprint density at radius 1 is 1.19 bits per heavy atom. The molecule has 3 nitrogen and oxygen atoms in total. The average molecular weight is 228 g/mol.